The van der Waals surface area contributed by atoms with E-state index in [-0.39, 0.29) is 28.8 Å². The Morgan fingerprint density at radius 2 is 1.86 bits per heavy atom. The Labute approximate surface area is 209 Å². The molecule has 4 N–H and O–H groups in total. The second-order valence-electron chi connectivity index (χ2n) is 8.61. The Balaban J connectivity index is 1.50. The van der Waals surface area contributed by atoms with Gasteiger partial charge in [-0.25, -0.2) is 4.68 Å². The van der Waals surface area contributed by atoms with E-state index in [9.17, 15) is 13.2 Å². The SMILES string of the molecule is COC1C(c2cc(N)nn2-c2cc(Cl)ccc2C(F)(F)F)OC2COC(c3ccccc3)OC2C1N. The average molecular weight is 525 g/mol. The van der Waals surface area contributed by atoms with Crippen LogP contribution in [-0.2, 0) is 25.1 Å². The number of alkyl halides is 3. The molecule has 0 aliphatic carbocycles. The molecule has 0 bridgehead atoms. The minimum absolute atomic E-state index is 0.00691. The van der Waals surface area contributed by atoms with Gasteiger partial charge in [-0.05, 0) is 18.2 Å². The van der Waals surface area contributed by atoms with Gasteiger partial charge < -0.3 is 30.4 Å². The van der Waals surface area contributed by atoms with Gasteiger partial charge in [-0.1, -0.05) is 41.9 Å². The summed E-state index contributed by atoms with van der Waals surface area (Å²) >= 11 is 6.05. The smallest absolute Gasteiger partial charge is 0.382 e. The first kappa shape index (κ1) is 25.0. The predicted octanol–water partition coefficient (Wildman–Crippen LogP) is 4.02. The number of nitrogens with two attached hydrogens (primary N) is 2. The van der Waals surface area contributed by atoms with Crippen molar-refractivity contribution >= 4 is 17.4 Å². The zero-order valence-electron chi connectivity index (χ0n) is 19.1. The van der Waals surface area contributed by atoms with Gasteiger partial charge >= 0.3 is 6.18 Å². The van der Waals surface area contributed by atoms with Crippen molar-refractivity contribution < 1.29 is 32.1 Å². The minimum atomic E-state index is -4.66. The van der Waals surface area contributed by atoms with Crippen LogP contribution < -0.4 is 11.5 Å². The van der Waals surface area contributed by atoms with Crippen molar-refractivity contribution in [2.75, 3.05) is 19.5 Å². The number of nitrogens with zero attached hydrogens (tertiary/aromatic N) is 2. The van der Waals surface area contributed by atoms with Crippen molar-refractivity contribution in [1.82, 2.24) is 9.78 Å². The Hall–Kier alpha value is -2.67. The van der Waals surface area contributed by atoms with E-state index in [1.54, 1.807) is 0 Å². The lowest BCUT2D eigenvalue weighted by atomic mass is 9.90. The maximum atomic E-state index is 13.8. The van der Waals surface area contributed by atoms with Crippen LogP contribution in [0.2, 0.25) is 5.02 Å². The molecule has 192 valence electrons. The summed E-state index contributed by atoms with van der Waals surface area (Å²) in [5.74, 6) is -0.00691. The molecular weight excluding hydrogens is 501 g/mol. The quantitative estimate of drug-likeness (QED) is 0.531. The van der Waals surface area contributed by atoms with Crippen LogP contribution in [0.15, 0.2) is 54.6 Å². The monoisotopic (exact) mass is 524 g/mol. The summed E-state index contributed by atoms with van der Waals surface area (Å²) in [5.41, 5.74) is 12.3. The molecule has 3 aromatic rings. The first-order valence-corrected chi connectivity index (χ1v) is 11.5. The fourth-order valence-electron chi connectivity index (χ4n) is 4.69. The van der Waals surface area contributed by atoms with Crippen LogP contribution in [0.25, 0.3) is 5.69 Å². The lowest BCUT2D eigenvalue weighted by Gasteiger charge is -2.48. The van der Waals surface area contributed by atoms with Crippen molar-refractivity contribution in [1.29, 1.82) is 0 Å². The molecule has 5 rings (SSSR count). The summed E-state index contributed by atoms with van der Waals surface area (Å²) in [6.07, 6.45) is -8.21. The van der Waals surface area contributed by atoms with E-state index in [4.69, 9.17) is 42.0 Å². The van der Waals surface area contributed by atoms with Crippen LogP contribution in [0.3, 0.4) is 0 Å². The van der Waals surface area contributed by atoms with Gasteiger partial charge in [0.05, 0.1) is 29.6 Å². The normalized spacial score (nSPS) is 28.6. The number of benzene rings is 2. The fraction of sp³-hybridized carbons (Fsp3) is 0.375. The summed E-state index contributed by atoms with van der Waals surface area (Å²) in [6.45, 7) is 0.152. The molecule has 12 heteroatoms. The van der Waals surface area contributed by atoms with Crippen LogP contribution in [0.5, 0.6) is 0 Å². The third kappa shape index (κ3) is 4.58. The summed E-state index contributed by atoms with van der Waals surface area (Å²) in [7, 11) is 1.44. The van der Waals surface area contributed by atoms with Gasteiger partial charge in [0.15, 0.2) is 6.29 Å². The number of hydrogen-bond acceptors (Lipinski definition) is 7. The zero-order valence-corrected chi connectivity index (χ0v) is 19.8. The van der Waals surface area contributed by atoms with E-state index in [1.165, 1.54) is 19.2 Å². The van der Waals surface area contributed by atoms with Crippen molar-refractivity contribution in [3.63, 3.8) is 0 Å². The Kier molecular flexibility index (Phi) is 6.70. The number of halogens is 4. The summed E-state index contributed by atoms with van der Waals surface area (Å²) < 4.78 is 66.5. The number of methoxy groups -OCH3 is 1. The van der Waals surface area contributed by atoms with Gasteiger partial charge in [0.2, 0.25) is 0 Å². The van der Waals surface area contributed by atoms with Crippen LogP contribution in [0.1, 0.15) is 29.2 Å². The molecular formula is C24H24ClF3N4O4. The van der Waals surface area contributed by atoms with Gasteiger partial charge in [0, 0.05) is 23.8 Å². The van der Waals surface area contributed by atoms with Crippen LogP contribution in [-0.4, -0.2) is 47.9 Å². The van der Waals surface area contributed by atoms with Gasteiger partial charge in [0.25, 0.3) is 0 Å². The van der Waals surface area contributed by atoms with Crippen molar-refractivity contribution in [2.24, 2.45) is 5.73 Å². The van der Waals surface area contributed by atoms with Crippen molar-refractivity contribution in [2.45, 2.75) is 42.9 Å². The molecule has 8 nitrogen and oxygen atoms in total. The lowest BCUT2D eigenvalue weighted by Crippen LogP contribution is -2.63. The standard InChI is InChI=1S/C24H24ClF3N4O4/c1-33-22-19(30)21-17(11-34-23(36-21)12-5-3-2-4-6-12)35-20(22)16-10-18(29)31-32(16)15-9-13(25)7-8-14(15)24(26,27)28/h2-10,17,19-23H,11,30H2,1H3,(H2,29,31). The van der Waals surface area contributed by atoms with Crippen molar-refractivity contribution in [3.8, 4) is 5.69 Å². The lowest BCUT2D eigenvalue weighted by molar-refractivity contribution is -0.310. The Morgan fingerprint density at radius 1 is 1.11 bits per heavy atom. The molecule has 2 aliphatic heterocycles. The topological polar surface area (TPSA) is 107 Å². The highest BCUT2D eigenvalue weighted by Crippen LogP contribution is 2.42. The number of rotatable bonds is 4. The second-order valence-corrected chi connectivity index (χ2v) is 9.05. The molecule has 36 heavy (non-hydrogen) atoms. The van der Waals surface area contributed by atoms with Gasteiger partial charge in [-0.3, -0.25) is 0 Å². The number of aromatic nitrogens is 2. The summed E-state index contributed by atoms with van der Waals surface area (Å²) in [4.78, 5) is 0. The van der Waals surface area contributed by atoms with Crippen LogP contribution in [0.4, 0.5) is 19.0 Å². The highest BCUT2D eigenvalue weighted by atomic mass is 35.5. The number of anilines is 1. The van der Waals surface area contributed by atoms with Crippen LogP contribution >= 0.6 is 11.6 Å². The van der Waals surface area contributed by atoms with Crippen molar-refractivity contribution in [3.05, 3.63) is 76.4 Å². The highest BCUT2D eigenvalue weighted by Gasteiger charge is 2.50. The molecule has 0 spiro atoms. The van der Waals surface area contributed by atoms with Gasteiger partial charge in [-0.2, -0.15) is 18.3 Å². The summed E-state index contributed by atoms with van der Waals surface area (Å²) in [5, 5.41) is 4.22. The molecule has 1 aromatic heterocycles. The molecule has 0 saturated carbocycles. The van der Waals surface area contributed by atoms with E-state index in [2.05, 4.69) is 5.10 Å². The van der Waals surface area contributed by atoms with E-state index in [0.717, 1.165) is 22.4 Å². The minimum Gasteiger partial charge on any atom is -0.382 e. The van der Waals surface area contributed by atoms with E-state index in [0.29, 0.717) is 0 Å². The van der Waals surface area contributed by atoms with E-state index >= 15 is 0 Å². The molecule has 6 unspecified atom stereocenters. The Morgan fingerprint density at radius 3 is 2.56 bits per heavy atom. The highest BCUT2D eigenvalue weighted by molar-refractivity contribution is 6.30. The number of nitrogen functional groups attached to an aromatic ring is 1. The molecule has 3 heterocycles. The largest absolute Gasteiger partial charge is 0.418 e. The molecule has 0 amide bonds. The molecule has 6 atom stereocenters. The van der Waals surface area contributed by atoms with Gasteiger partial charge in [0.1, 0.15) is 30.2 Å². The first-order chi connectivity index (χ1) is 17.2. The summed E-state index contributed by atoms with van der Waals surface area (Å²) in [6, 6.07) is 13.3. The van der Waals surface area contributed by atoms with E-state index < -0.39 is 48.5 Å². The number of hydrogen-bond donors (Lipinski definition) is 2. The molecule has 0 radical (unpaired) electrons. The molecule has 2 aromatic carbocycles. The third-order valence-electron chi connectivity index (χ3n) is 6.32. The number of ether oxygens (including phenoxy) is 4. The molecule has 2 saturated heterocycles. The predicted molar refractivity (Wildman–Crippen MR) is 124 cm³/mol. The van der Waals surface area contributed by atoms with Gasteiger partial charge in [-0.15, -0.1) is 0 Å². The maximum Gasteiger partial charge on any atom is 0.418 e. The fourth-order valence-corrected chi connectivity index (χ4v) is 4.86. The average Bonchev–Trinajstić information content (AvgIpc) is 3.25. The second kappa shape index (κ2) is 9.66. The van der Waals surface area contributed by atoms with E-state index in [1.807, 2.05) is 30.3 Å². The first-order valence-electron chi connectivity index (χ1n) is 11.2. The zero-order chi connectivity index (χ0) is 25.6. The maximum absolute atomic E-state index is 13.8. The van der Waals surface area contributed by atoms with Crippen LogP contribution in [0, 0.1) is 0 Å². The Bertz CT molecular complexity index is 1230. The molecule has 2 aliphatic rings. The number of fused-ring (bicyclic) bond motifs is 1. The molecule has 2 fully saturated rings. The third-order valence-corrected chi connectivity index (χ3v) is 6.56.